The molecule has 0 aliphatic carbocycles. The quantitative estimate of drug-likeness (QED) is 0.890. The first-order valence-electron chi connectivity index (χ1n) is 6.37. The molecule has 1 aromatic rings. The van der Waals surface area contributed by atoms with Crippen LogP contribution in [0.1, 0.15) is 19.3 Å². The SMILES string of the molecule is FC(F)Oc1ccc(NC2CCCNCC2)cc1Cl. The van der Waals surface area contributed by atoms with Gasteiger partial charge in [-0.15, -0.1) is 0 Å². The summed E-state index contributed by atoms with van der Waals surface area (Å²) in [7, 11) is 0. The average Bonchev–Trinajstić information content (AvgIpc) is 2.61. The zero-order chi connectivity index (χ0) is 13.7. The van der Waals surface area contributed by atoms with E-state index in [2.05, 4.69) is 15.4 Å². The fourth-order valence-corrected chi connectivity index (χ4v) is 2.41. The molecule has 1 aliphatic heterocycles. The van der Waals surface area contributed by atoms with Crippen LogP contribution in [0.3, 0.4) is 0 Å². The van der Waals surface area contributed by atoms with Crippen molar-refractivity contribution >= 4 is 17.3 Å². The Morgan fingerprint density at radius 2 is 2.16 bits per heavy atom. The summed E-state index contributed by atoms with van der Waals surface area (Å²) in [5.41, 5.74) is 0.832. The molecule has 1 unspecified atom stereocenters. The first-order chi connectivity index (χ1) is 9.15. The maximum absolute atomic E-state index is 12.1. The Kier molecular flexibility index (Phi) is 5.22. The highest BCUT2D eigenvalue weighted by Crippen LogP contribution is 2.29. The molecule has 0 saturated carbocycles. The minimum Gasteiger partial charge on any atom is -0.433 e. The predicted octanol–water partition coefficient (Wildman–Crippen LogP) is 3.50. The summed E-state index contributed by atoms with van der Waals surface area (Å²) in [6.07, 6.45) is 3.24. The lowest BCUT2D eigenvalue weighted by Crippen LogP contribution is -2.21. The third kappa shape index (κ3) is 4.51. The number of ether oxygens (including phenoxy) is 1. The van der Waals surface area contributed by atoms with Crippen molar-refractivity contribution in [3.05, 3.63) is 23.2 Å². The molecule has 6 heteroatoms. The normalized spacial score (nSPS) is 20.1. The Bertz CT molecular complexity index is 410. The van der Waals surface area contributed by atoms with Gasteiger partial charge in [0.2, 0.25) is 0 Å². The van der Waals surface area contributed by atoms with Crippen LogP contribution in [-0.2, 0) is 0 Å². The number of hydrogen-bond acceptors (Lipinski definition) is 3. The van der Waals surface area contributed by atoms with Crippen LogP contribution in [0.5, 0.6) is 5.75 Å². The number of rotatable bonds is 4. The van der Waals surface area contributed by atoms with Crippen molar-refractivity contribution in [2.75, 3.05) is 18.4 Å². The molecule has 19 heavy (non-hydrogen) atoms. The molecule has 3 nitrogen and oxygen atoms in total. The van der Waals surface area contributed by atoms with E-state index < -0.39 is 6.61 Å². The second-order valence-corrected chi connectivity index (χ2v) is 4.95. The van der Waals surface area contributed by atoms with E-state index in [0.29, 0.717) is 6.04 Å². The Balaban J connectivity index is 1.98. The Hall–Kier alpha value is -1.07. The monoisotopic (exact) mass is 290 g/mol. The number of alkyl halides is 2. The van der Waals surface area contributed by atoms with E-state index in [1.54, 1.807) is 12.1 Å². The van der Waals surface area contributed by atoms with Gasteiger partial charge in [0.15, 0.2) is 0 Å². The third-order valence-corrected chi connectivity index (χ3v) is 3.39. The molecule has 1 aromatic carbocycles. The highest BCUT2D eigenvalue weighted by molar-refractivity contribution is 6.32. The molecular weight excluding hydrogens is 274 g/mol. The predicted molar refractivity (Wildman–Crippen MR) is 72.2 cm³/mol. The van der Waals surface area contributed by atoms with Crippen molar-refractivity contribution in [2.24, 2.45) is 0 Å². The van der Waals surface area contributed by atoms with Crippen molar-refractivity contribution in [3.63, 3.8) is 0 Å². The second-order valence-electron chi connectivity index (χ2n) is 4.55. The Labute approximate surface area is 116 Å². The van der Waals surface area contributed by atoms with Crippen molar-refractivity contribution in [1.82, 2.24) is 5.32 Å². The minimum atomic E-state index is -2.86. The third-order valence-electron chi connectivity index (χ3n) is 3.09. The zero-order valence-corrected chi connectivity index (χ0v) is 11.2. The molecule has 0 spiro atoms. The average molecular weight is 291 g/mol. The van der Waals surface area contributed by atoms with E-state index >= 15 is 0 Å². The molecule has 0 aromatic heterocycles. The largest absolute Gasteiger partial charge is 0.433 e. The van der Waals surface area contributed by atoms with Crippen molar-refractivity contribution in [1.29, 1.82) is 0 Å². The molecule has 1 atom stereocenters. The van der Waals surface area contributed by atoms with Gasteiger partial charge < -0.3 is 15.4 Å². The number of halogens is 3. The summed E-state index contributed by atoms with van der Waals surface area (Å²) < 4.78 is 28.5. The Morgan fingerprint density at radius 3 is 2.89 bits per heavy atom. The van der Waals surface area contributed by atoms with Gasteiger partial charge in [-0.2, -0.15) is 8.78 Å². The first kappa shape index (κ1) is 14.3. The highest BCUT2D eigenvalue weighted by atomic mass is 35.5. The zero-order valence-electron chi connectivity index (χ0n) is 10.5. The number of hydrogen-bond donors (Lipinski definition) is 2. The molecule has 1 saturated heterocycles. The van der Waals surface area contributed by atoms with E-state index in [0.717, 1.165) is 38.0 Å². The lowest BCUT2D eigenvalue weighted by Gasteiger charge is -2.18. The molecule has 2 N–H and O–H groups in total. The summed E-state index contributed by atoms with van der Waals surface area (Å²) >= 11 is 5.91. The van der Waals surface area contributed by atoms with Gasteiger partial charge in [0.05, 0.1) is 5.02 Å². The van der Waals surface area contributed by atoms with Gasteiger partial charge in [-0.1, -0.05) is 11.6 Å². The molecule has 1 heterocycles. The van der Waals surface area contributed by atoms with E-state index in [-0.39, 0.29) is 10.8 Å². The van der Waals surface area contributed by atoms with Crippen LogP contribution in [0.15, 0.2) is 18.2 Å². The highest BCUT2D eigenvalue weighted by Gasteiger charge is 2.13. The van der Waals surface area contributed by atoms with E-state index in [1.165, 1.54) is 6.07 Å². The lowest BCUT2D eigenvalue weighted by molar-refractivity contribution is -0.0497. The molecule has 1 aliphatic rings. The molecule has 0 radical (unpaired) electrons. The summed E-state index contributed by atoms with van der Waals surface area (Å²) in [4.78, 5) is 0. The van der Waals surface area contributed by atoms with E-state index in [4.69, 9.17) is 11.6 Å². The first-order valence-corrected chi connectivity index (χ1v) is 6.74. The fourth-order valence-electron chi connectivity index (χ4n) is 2.18. The smallest absolute Gasteiger partial charge is 0.387 e. The van der Waals surface area contributed by atoms with Crippen LogP contribution in [0, 0.1) is 0 Å². The molecule has 1 fully saturated rings. The standard InChI is InChI=1S/C13H17ClF2N2O/c14-11-8-10(3-4-12(11)19-13(15)16)18-9-2-1-6-17-7-5-9/h3-4,8-9,13,17-18H,1-2,5-7H2. The number of anilines is 1. The fraction of sp³-hybridized carbons (Fsp3) is 0.538. The van der Waals surface area contributed by atoms with Gasteiger partial charge in [0, 0.05) is 11.7 Å². The van der Waals surface area contributed by atoms with Crippen LogP contribution in [0.25, 0.3) is 0 Å². The maximum Gasteiger partial charge on any atom is 0.387 e. The van der Waals surface area contributed by atoms with Gasteiger partial charge in [-0.3, -0.25) is 0 Å². The summed E-state index contributed by atoms with van der Waals surface area (Å²) in [5, 5.41) is 6.90. The van der Waals surface area contributed by atoms with Crippen molar-refractivity contribution < 1.29 is 13.5 Å². The van der Waals surface area contributed by atoms with E-state index in [9.17, 15) is 8.78 Å². The van der Waals surface area contributed by atoms with E-state index in [1.807, 2.05) is 0 Å². The molecule has 0 amide bonds. The van der Waals surface area contributed by atoms with Gasteiger partial charge in [0.1, 0.15) is 5.75 Å². The second kappa shape index (κ2) is 6.91. The topological polar surface area (TPSA) is 33.3 Å². The van der Waals surface area contributed by atoms with Crippen LogP contribution < -0.4 is 15.4 Å². The number of nitrogens with one attached hydrogen (secondary N) is 2. The van der Waals surface area contributed by atoms with Gasteiger partial charge in [0.25, 0.3) is 0 Å². The molecular formula is C13H17ClF2N2O. The van der Waals surface area contributed by atoms with Crippen molar-refractivity contribution in [3.8, 4) is 5.75 Å². The van der Waals surface area contributed by atoms with Crippen LogP contribution >= 0.6 is 11.6 Å². The van der Waals surface area contributed by atoms with Crippen molar-refractivity contribution in [2.45, 2.75) is 31.9 Å². The van der Waals surface area contributed by atoms with Gasteiger partial charge >= 0.3 is 6.61 Å². The van der Waals surface area contributed by atoms with Gasteiger partial charge in [-0.25, -0.2) is 0 Å². The summed E-state index contributed by atoms with van der Waals surface area (Å²) in [5.74, 6) is 0.00440. The summed E-state index contributed by atoms with van der Waals surface area (Å²) in [6, 6.07) is 5.18. The van der Waals surface area contributed by atoms with Crippen LogP contribution in [0.2, 0.25) is 5.02 Å². The van der Waals surface area contributed by atoms with Crippen LogP contribution in [-0.4, -0.2) is 25.7 Å². The molecule has 106 valence electrons. The molecule has 0 bridgehead atoms. The summed E-state index contributed by atoms with van der Waals surface area (Å²) in [6.45, 7) is -0.831. The molecule has 2 rings (SSSR count). The Morgan fingerprint density at radius 1 is 1.32 bits per heavy atom. The number of benzene rings is 1. The maximum atomic E-state index is 12.1. The minimum absolute atomic E-state index is 0.00440. The van der Waals surface area contributed by atoms with Gasteiger partial charge in [-0.05, 0) is 50.6 Å². The van der Waals surface area contributed by atoms with Crippen LogP contribution in [0.4, 0.5) is 14.5 Å². The lowest BCUT2D eigenvalue weighted by atomic mass is 10.1.